The lowest BCUT2D eigenvalue weighted by atomic mass is 9.82. The van der Waals surface area contributed by atoms with Crippen molar-refractivity contribution in [1.82, 2.24) is 5.32 Å². The molecule has 0 unspecified atom stereocenters. The van der Waals surface area contributed by atoms with E-state index < -0.39 is 5.54 Å². The Labute approximate surface area is 135 Å². The largest absolute Gasteiger partial charge is 0.350 e. The summed E-state index contributed by atoms with van der Waals surface area (Å²) >= 11 is 3.44. The molecule has 3 N–H and O–H groups in total. The van der Waals surface area contributed by atoms with E-state index in [1.807, 2.05) is 19.1 Å². The smallest absolute Gasteiger partial charge is 0.240 e. The molecule has 3 nitrogen and oxygen atoms in total. The van der Waals surface area contributed by atoms with Crippen LogP contribution in [-0.4, -0.2) is 11.4 Å². The molecular weight excluding hydrogens is 340 g/mol. The van der Waals surface area contributed by atoms with E-state index in [0.717, 1.165) is 35.7 Å². The number of carbonyl (C=O) groups is 1. The van der Waals surface area contributed by atoms with Crippen LogP contribution in [0.1, 0.15) is 43.2 Å². The van der Waals surface area contributed by atoms with E-state index >= 15 is 0 Å². The lowest BCUT2D eigenvalue weighted by Crippen LogP contribution is -2.54. The third-order valence-electron chi connectivity index (χ3n) is 3.94. The molecule has 1 saturated carbocycles. The number of hydrogen-bond acceptors (Lipinski definition) is 2. The summed E-state index contributed by atoms with van der Waals surface area (Å²) < 4.78 is 1.06. The molecule has 0 bridgehead atoms. The first-order chi connectivity index (χ1) is 9.01. The Morgan fingerprint density at radius 2 is 2.00 bits per heavy atom. The second-order valence-corrected chi connectivity index (χ2v) is 6.39. The summed E-state index contributed by atoms with van der Waals surface area (Å²) in [6.45, 7) is 2.60. The molecule has 1 aromatic carbocycles. The maximum atomic E-state index is 12.2. The molecule has 0 spiro atoms. The number of halogens is 2. The molecular formula is C15H22BrClN2O. The minimum Gasteiger partial charge on any atom is -0.350 e. The summed E-state index contributed by atoms with van der Waals surface area (Å²) in [5.74, 6) is -0.00508. The van der Waals surface area contributed by atoms with Crippen molar-refractivity contribution in [2.75, 3.05) is 0 Å². The maximum Gasteiger partial charge on any atom is 0.240 e. The van der Waals surface area contributed by atoms with E-state index in [2.05, 4.69) is 27.3 Å². The number of hydrogen-bond donors (Lipinski definition) is 2. The van der Waals surface area contributed by atoms with Gasteiger partial charge in [0.25, 0.3) is 0 Å². The molecule has 112 valence electrons. The number of nitrogens with two attached hydrogens (primary N) is 1. The van der Waals surface area contributed by atoms with Crippen molar-refractivity contribution in [3.05, 3.63) is 33.8 Å². The van der Waals surface area contributed by atoms with Crippen molar-refractivity contribution in [2.45, 2.75) is 51.1 Å². The Bertz CT molecular complexity index is 473. The highest BCUT2D eigenvalue weighted by molar-refractivity contribution is 9.10. The molecule has 0 saturated heterocycles. The van der Waals surface area contributed by atoms with Gasteiger partial charge in [-0.1, -0.05) is 41.3 Å². The first-order valence-corrected chi connectivity index (χ1v) is 7.63. The fourth-order valence-corrected chi connectivity index (χ4v) is 3.09. The zero-order valence-corrected chi connectivity index (χ0v) is 14.1. The van der Waals surface area contributed by atoms with Gasteiger partial charge in [0.1, 0.15) is 0 Å². The van der Waals surface area contributed by atoms with Gasteiger partial charge in [0.2, 0.25) is 5.91 Å². The fraction of sp³-hybridized carbons (Fsp3) is 0.533. The Morgan fingerprint density at radius 1 is 1.35 bits per heavy atom. The zero-order chi connectivity index (χ0) is 13.9. The summed E-state index contributed by atoms with van der Waals surface area (Å²) in [5.41, 5.74) is 7.86. The average Bonchev–Trinajstić information content (AvgIpc) is 2.38. The van der Waals surface area contributed by atoms with Gasteiger partial charge >= 0.3 is 0 Å². The lowest BCUT2D eigenvalue weighted by molar-refractivity contribution is -0.127. The van der Waals surface area contributed by atoms with Gasteiger partial charge in [0.15, 0.2) is 0 Å². The second-order valence-electron chi connectivity index (χ2n) is 5.47. The van der Waals surface area contributed by atoms with Crippen LogP contribution in [0.5, 0.6) is 0 Å². The van der Waals surface area contributed by atoms with Crippen LogP contribution in [0.3, 0.4) is 0 Å². The molecule has 0 radical (unpaired) electrons. The topological polar surface area (TPSA) is 55.1 Å². The van der Waals surface area contributed by atoms with Crippen molar-refractivity contribution in [3.63, 3.8) is 0 Å². The van der Waals surface area contributed by atoms with E-state index in [1.165, 1.54) is 12.0 Å². The first kappa shape index (κ1) is 17.5. The molecule has 0 aliphatic heterocycles. The molecule has 0 atom stereocenters. The van der Waals surface area contributed by atoms with Gasteiger partial charge in [-0.25, -0.2) is 0 Å². The number of benzene rings is 1. The molecule has 0 aromatic heterocycles. The Balaban J connectivity index is 0.00000200. The SMILES string of the molecule is Cc1cc(Br)ccc1CNC(=O)C1(N)CCCCC1.Cl. The van der Waals surface area contributed by atoms with Gasteiger partial charge in [-0.15, -0.1) is 12.4 Å². The van der Waals surface area contributed by atoms with Crippen molar-refractivity contribution < 1.29 is 4.79 Å². The standard InChI is InChI=1S/C15H21BrN2O.ClH/c1-11-9-13(16)6-5-12(11)10-18-14(19)15(17)7-3-2-4-8-15;/h5-6,9H,2-4,7-8,10,17H2,1H3,(H,18,19);1H. The second kappa shape index (κ2) is 7.43. The van der Waals surface area contributed by atoms with Crippen molar-refractivity contribution >= 4 is 34.2 Å². The highest BCUT2D eigenvalue weighted by Gasteiger charge is 2.34. The Hall–Kier alpha value is -0.580. The maximum absolute atomic E-state index is 12.2. The molecule has 1 amide bonds. The van der Waals surface area contributed by atoms with Gasteiger partial charge < -0.3 is 11.1 Å². The monoisotopic (exact) mass is 360 g/mol. The predicted molar refractivity (Wildman–Crippen MR) is 88.0 cm³/mol. The van der Waals surface area contributed by atoms with Gasteiger partial charge in [0.05, 0.1) is 5.54 Å². The average molecular weight is 362 g/mol. The van der Waals surface area contributed by atoms with Gasteiger partial charge in [0, 0.05) is 11.0 Å². The van der Waals surface area contributed by atoms with Crippen LogP contribution in [0, 0.1) is 6.92 Å². The van der Waals surface area contributed by atoms with Crippen LogP contribution in [0.2, 0.25) is 0 Å². The summed E-state index contributed by atoms with van der Waals surface area (Å²) in [5, 5.41) is 2.99. The van der Waals surface area contributed by atoms with Gasteiger partial charge in [-0.3, -0.25) is 4.79 Å². The molecule has 1 aromatic rings. The normalized spacial score (nSPS) is 17.1. The molecule has 2 rings (SSSR count). The minimum absolute atomic E-state index is 0. The van der Waals surface area contributed by atoms with Crippen molar-refractivity contribution in [2.24, 2.45) is 5.73 Å². The number of aryl methyl sites for hydroxylation is 1. The van der Waals surface area contributed by atoms with Crippen molar-refractivity contribution in [3.8, 4) is 0 Å². The van der Waals surface area contributed by atoms with E-state index in [0.29, 0.717) is 6.54 Å². The van der Waals surface area contributed by atoms with Crippen LogP contribution >= 0.6 is 28.3 Å². The van der Waals surface area contributed by atoms with Crippen LogP contribution in [-0.2, 0) is 11.3 Å². The number of amides is 1. The summed E-state index contributed by atoms with van der Waals surface area (Å²) in [7, 11) is 0. The summed E-state index contributed by atoms with van der Waals surface area (Å²) in [6, 6.07) is 6.08. The molecule has 0 heterocycles. The van der Waals surface area contributed by atoms with Crippen LogP contribution in [0.25, 0.3) is 0 Å². The highest BCUT2D eigenvalue weighted by Crippen LogP contribution is 2.26. The van der Waals surface area contributed by atoms with E-state index in [1.54, 1.807) is 0 Å². The van der Waals surface area contributed by atoms with E-state index in [-0.39, 0.29) is 18.3 Å². The van der Waals surface area contributed by atoms with E-state index in [4.69, 9.17) is 5.73 Å². The number of rotatable bonds is 3. The molecule has 5 heteroatoms. The van der Waals surface area contributed by atoms with Crippen LogP contribution in [0.15, 0.2) is 22.7 Å². The highest BCUT2D eigenvalue weighted by atomic mass is 79.9. The van der Waals surface area contributed by atoms with E-state index in [9.17, 15) is 4.79 Å². The third-order valence-corrected chi connectivity index (χ3v) is 4.44. The molecule has 1 aliphatic rings. The van der Waals surface area contributed by atoms with Crippen molar-refractivity contribution in [1.29, 1.82) is 0 Å². The quantitative estimate of drug-likeness (QED) is 0.866. The Morgan fingerprint density at radius 3 is 2.60 bits per heavy atom. The summed E-state index contributed by atoms with van der Waals surface area (Å²) in [4.78, 5) is 12.2. The molecule has 1 fully saturated rings. The Kier molecular flexibility index (Phi) is 6.49. The van der Waals surface area contributed by atoms with Crippen LogP contribution < -0.4 is 11.1 Å². The zero-order valence-electron chi connectivity index (χ0n) is 11.7. The fourth-order valence-electron chi connectivity index (χ4n) is 2.62. The number of carbonyl (C=O) groups excluding carboxylic acids is 1. The number of nitrogens with one attached hydrogen (secondary N) is 1. The van der Waals surface area contributed by atoms with Gasteiger partial charge in [-0.05, 0) is 43.0 Å². The van der Waals surface area contributed by atoms with Crippen LogP contribution in [0.4, 0.5) is 0 Å². The summed E-state index contributed by atoms with van der Waals surface area (Å²) in [6.07, 6.45) is 4.91. The third kappa shape index (κ3) is 4.21. The molecule has 1 aliphatic carbocycles. The predicted octanol–water partition coefficient (Wildman–Crippen LogP) is 3.46. The lowest BCUT2D eigenvalue weighted by Gasteiger charge is -2.31. The first-order valence-electron chi connectivity index (χ1n) is 6.83. The van der Waals surface area contributed by atoms with Gasteiger partial charge in [-0.2, -0.15) is 0 Å². The minimum atomic E-state index is -0.651. The molecule has 20 heavy (non-hydrogen) atoms.